The molecule has 1 heterocycles. The van der Waals surface area contributed by atoms with Crippen LogP contribution in [-0.2, 0) is 11.3 Å². The van der Waals surface area contributed by atoms with Crippen molar-refractivity contribution in [3.05, 3.63) is 56.8 Å². The predicted molar refractivity (Wildman–Crippen MR) is 86.1 cm³/mol. The zero-order valence-corrected chi connectivity index (χ0v) is 13.2. The Morgan fingerprint density at radius 1 is 1.41 bits per heavy atom. The number of para-hydroxylation sites is 2. The first-order valence-electron chi connectivity index (χ1n) is 6.86. The second-order valence-electron chi connectivity index (χ2n) is 5.14. The monoisotopic (exact) mass is 320 g/mol. The summed E-state index contributed by atoms with van der Waals surface area (Å²) in [6, 6.07) is 7.86. The molecule has 0 saturated carbocycles. The second-order valence-corrected chi connectivity index (χ2v) is 5.92. The van der Waals surface area contributed by atoms with Gasteiger partial charge in [0, 0.05) is 11.6 Å². The van der Waals surface area contributed by atoms with Crippen LogP contribution in [0.4, 0.5) is 11.4 Å². The van der Waals surface area contributed by atoms with Crippen molar-refractivity contribution >= 4 is 28.6 Å². The van der Waals surface area contributed by atoms with Crippen molar-refractivity contribution in [2.24, 2.45) is 0 Å². The molecule has 1 amide bonds. The fourth-order valence-electron chi connectivity index (χ4n) is 2.07. The molecule has 0 bridgehead atoms. The van der Waals surface area contributed by atoms with Crippen LogP contribution in [0.25, 0.3) is 0 Å². The molecule has 0 radical (unpaired) electrons. The first kappa shape index (κ1) is 16.1. The maximum atomic E-state index is 12.3. The molecule has 1 aromatic heterocycles. The Kier molecular flexibility index (Phi) is 5.24. The van der Waals surface area contributed by atoms with Gasteiger partial charge in [0.05, 0.1) is 12.0 Å². The minimum atomic E-state index is -0.498. The highest BCUT2D eigenvalue weighted by Gasteiger charge is 2.24. The average Bonchev–Trinajstić information content (AvgIpc) is 2.99. The third kappa shape index (κ3) is 3.90. The summed E-state index contributed by atoms with van der Waals surface area (Å²) in [6.45, 7) is 2.54. The lowest BCUT2D eigenvalue weighted by Crippen LogP contribution is -3.12. The Labute approximate surface area is 132 Å². The first-order valence-corrected chi connectivity index (χ1v) is 7.81. The van der Waals surface area contributed by atoms with E-state index in [-0.39, 0.29) is 23.3 Å². The smallest absolute Gasteiger partial charge is 0.292 e. The Hall–Kier alpha value is -2.25. The summed E-state index contributed by atoms with van der Waals surface area (Å²) in [5, 5.41) is 17.7. The number of quaternary nitrogens is 1. The van der Waals surface area contributed by atoms with Crippen molar-refractivity contribution in [3.8, 4) is 0 Å². The van der Waals surface area contributed by atoms with Crippen LogP contribution < -0.4 is 10.2 Å². The number of rotatable bonds is 6. The number of hydrogen-bond acceptors (Lipinski definition) is 4. The van der Waals surface area contributed by atoms with Gasteiger partial charge in [0.1, 0.15) is 12.2 Å². The van der Waals surface area contributed by atoms with Crippen LogP contribution in [0.2, 0.25) is 0 Å². The van der Waals surface area contributed by atoms with E-state index in [2.05, 4.69) is 10.7 Å². The molecule has 1 aromatic carbocycles. The number of benzene rings is 1. The highest BCUT2D eigenvalue weighted by Crippen LogP contribution is 2.23. The highest BCUT2D eigenvalue weighted by atomic mass is 32.1. The van der Waals surface area contributed by atoms with Crippen LogP contribution >= 0.6 is 11.3 Å². The molecular formula is C15H18N3O3S+. The molecule has 116 valence electrons. The number of thiophene rings is 1. The van der Waals surface area contributed by atoms with Crippen LogP contribution in [0.15, 0.2) is 41.1 Å². The molecule has 0 aliphatic carbocycles. The van der Waals surface area contributed by atoms with Crippen molar-refractivity contribution in [1.82, 2.24) is 0 Å². The fraction of sp³-hybridized carbons (Fsp3) is 0.267. The summed E-state index contributed by atoms with van der Waals surface area (Å²) >= 11 is 1.62. The van der Waals surface area contributed by atoms with Crippen molar-refractivity contribution in [1.29, 1.82) is 0 Å². The maximum absolute atomic E-state index is 12.3. The number of likely N-dealkylation sites (N-methyl/N-ethyl adjacent to an activating group) is 1. The van der Waals surface area contributed by atoms with Crippen LogP contribution in [0.5, 0.6) is 0 Å². The molecule has 0 spiro atoms. The van der Waals surface area contributed by atoms with E-state index in [1.54, 1.807) is 23.5 Å². The van der Waals surface area contributed by atoms with Crippen molar-refractivity contribution < 1.29 is 14.6 Å². The van der Waals surface area contributed by atoms with Crippen LogP contribution in [0.1, 0.15) is 12.5 Å². The standard InChI is InChI=1S/C15H17N3O3S/c1-11(17(2)9-12-7-8-22-10-12)15(19)16-13-5-3-4-6-14(13)18(20)21/h3-8,10-11H,9H2,1-2H3,(H,16,19)/p+1/t11-/m1/s1. The number of nitro groups is 1. The first-order chi connectivity index (χ1) is 10.5. The van der Waals surface area contributed by atoms with E-state index in [1.807, 2.05) is 25.4 Å². The Bertz CT molecular complexity index is 658. The molecule has 22 heavy (non-hydrogen) atoms. The van der Waals surface area contributed by atoms with E-state index in [1.165, 1.54) is 17.7 Å². The third-order valence-electron chi connectivity index (χ3n) is 3.55. The van der Waals surface area contributed by atoms with Crippen LogP contribution in [-0.4, -0.2) is 23.9 Å². The molecule has 1 unspecified atom stereocenters. The quantitative estimate of drug-likeness (QED) is 0.628. The summed E-state index contributed by atoms with van der Waals surface area (Å²) in [5.41, 5.74) is 1.30. The van der Waals surface area contributed by atoms with E-state index in [4.69, 9.17) is 0 Å². The summed E-state index contributed by atoms with van der Waals surface area (Å²) in [4.78, 5) is 23.8. The van der Waals surface area contributed by atoms with E-state index < -0.39 is 4.92 Å². The zero-order valence-electron chi connectivity index (χ0n) is 12.4. The van der Waals surface area contributed by atoms with Gasteiger partial charge in [-0.25, -0.2) is 0 Å². The van der Waals surface area contributed by atoms with Gasteiger partial charge in [-0.05, 0) is 29.8 Å². The number of anilines is 1. The SMILES string of the molecule is C[C@H](C(=O)Nc1ccccc1[N+](=O)[O-])[NH+](C)Cc1ccsc1. The van der Waals surface area contributed by atoms with Gasteiger partial charge in [0.2, 0.25) is 0 Å². The lowest BCUT2D eigenvalue weighted by atomic mass is 10.2. The number of carbonyl (C=O) groups is 1. The van der Waals surface area contributed by atoms with Gasteiger partial charge in [-0.3, -0.25) is 14.9 Å². The van der Waals surface area contributed by atoms with E-state index >= 15 is 0 Å². The largest absolute Gasteiger partial charge is 0.324 e. The number of hydrogen-bond donors (Lipinski definition) is 2. The van der Waals surface area contributed by atoms with Gasteiger partial charge in [0.25, 0.3) is 11.6 Å². The molecule has 2 aromatic rings. The van der Waals surface area contributed by atoms with E-state index in [9.17, 15) is 14.9 Å². The Morgan fingerprint density at radius 3 is 2.77 bits per heavy atom. The molecule has 6 nitrogen and oxygen atoms in total. The summed E-state index contributed by atoms with van der Waals surface area (Å²) in [7, 11) is 1.93. The molecule has 2 N–H and O–H groups in total. The van der Waals surface area contributed by atoms with Gasteiger partial charge in [-0.1, -0.05) is 12.1 Å². The molecule has 0 aliphatic heterocycles. The van der Waals surface area contributed by atoms with Crippen molar-refractivity contribution in [3.63, 3.8) is 0 Å². The van der Waals surface area contributed by atoms with E-state index in [0.29, 0.717) is 0 Å². The van der Waals surface area contributed by atoms with Gasteiger partial charge in [-0.15, -0.1) is 0 Å². The Morgan fingerprint density at radius 2 is 2.14 bits per heavy atom. The average molecular weight is 320 g/mol. The minimum Gasteiger partial charge on any atom is -0.324 e. The zero-order chi connectivity index (χ0) is 16.1. The summed E-state index contributed by atoms with van der Waals surface area (Å²) in [6.07, 6.45) is 0. The lowest BCUT2D eigenvalue weighted by Gasteiger charge is -2.20. The number of amides is 1. The lowest BCUT2D eigenvalue weighted by molar-refractivity contribution is -0.907. The van der Waals surface area contributed by atoms with Crippen LogP contribution in [0, 0.1) is 10.1 Å². The van der Waals surface area contributed by atoms with Gasteiger partial charge in [0.15, 0.2) is 6.04 Å². The van der Waals surface area contributed by atoms with Gasteiger partial charge < -0.3 is 10.2 Å². The minimum absolute atomic E-state index is 0.0986. The van der Waals surface area contributed by atoms with Gasteiger partial charge in [-0.2, -0.15) is 11.3 Å². The molecule has 0 saturated heterocycles. The molecule has 2 rings (SSSR count). The maximum Gasteiger partial charge on any atom is 0.292 e. The Balaban J connectivity index is 2.04. The fourth-order valence-corrected chi connectivity index (χ4v) is 2.74. The van der Waals surface area contributed by atoms with E-state index in [0.717, 1.165) is 11.4 Å². The van der Waals surface area contributed by atoms with Crippen molar-refractivity contribution in [2.75, 3.05) is 12.4 Å². The normalized spacial score (nSPS) is 13.4. The molecular weight excluding hydrogens is 302 g/mol. The van der Waals surface area contributed by atoms with Gasteiger partial charge >= 0.3 is 0 Å². The summed E-state index contributed by atoms with van der Waals surface area (Å²) in [5.74, 6) is -0.234. The molecule has 7 heteroatoms. The van der Waals surface area contributed by atoms with Crippen molar-refractivity contribution in [2.45, 2.75) is 19.5 Å². The number of nitrogens with one attached hydrogen (secondary N) is 2. The summed E-state index contributed by atoms with van der Waals surface area (Å²) < 4.78 is 0. The topological polar surface area (TPSA) is 76.7 Å². The van der Waals surface area contributed by atoms with Crippen LogP contribution in [0.3, 0.4) is 0 Å². The molecule has 0 fully saturated rings. The number of carbonyl (C=O) groups excluding carboxylic acids is 1. The second kappa shape index (κ2) is 7.15. The number of nitrogens with zero attached hydrogens (tertiary/aromatic N) is 1. The molecule has 0 aliphatic rings. The predicted octanol–water partition coefficient (Wildman–Crippen LogP) is 1.70. The highest BCUT2D eigenvalue weighted by molar-refractivity contribution is 7.07. The molecule has 2 atom stereocenters. The number of nitro benzene ring substituents is 1. The third-order valence-corrected chi connectivity index (χ3v) is 4.29.